The van der Waals surface area contributed by atoms with Gasteiger partial charge >= 0.3 is 5.97 Å². The Kier molecular flexibility index (Phi) is 32.3. The van der Waals surface area contributed by atoms with E-state index < -0.39 is 13.9 Å². The van der Waals surface area contributed by atoms with Gasteiger partial charge in [0.25, 0.3) is 7.82 Å². The average Bonchev–Trinajstić information content (AvgIpc) is 3.01. The third kappa shape index (κ3) is 36.6. The predicted molar refractivity (Wildman–Crippen MR) is 194 cm³/mol. The number of likely N-dealkylation sites (N-methyl/N-ethyl adjacent to an activating group) is 1. The summed E-state index contributed by atoms with van der Waals surface area (Å²) in [5, 5.41) is 0. The number of quaternary nitrogens is 1. The van der Waals surface area contributed by atoms with Gasteiger partial charge in [-0.2, -0.15) is 0 Å². The van der Waals surface area contributed by atoms with Crippen molar-refractivity contribution < 1.29 is 37.3 Å². The molecule has 0 spiro atoms. The molecule has 0 rings (SSSR count). The minimum Gasteiger partial charge on any atom is -0.756 e. The van der Waals surface area contributed by atoms with Crippen molar-refractivity contribution in [3.05, 3.63) is 0 Å². The third-order valence-corrected chi connectivity index (χ3v) is 9.62. The van der Waals surface area contributed by atoms with E-state index >= 15 is 0 Å². The lowest BCUT2D eigenvalue weighted by Gasteiger charge is -2.28. The summed E-state index contributed by atoms with van der Waals surface area (Å²) in [6.07, 6.45) is 31.3. The van der Waals surface area contributed by atoms with Crippen LogP contribution in [0.1, 0.15) is 181 Å². The van der Waals surface area contributed by atoms with Crippen LogP contribution < -0.4 is 4.89 Å². The van der Waals surface area contributed by atoms with E-state index in [4.69, 9.17) is 18.5 Å². The molecule has 47 heavy (non-hydrogen) atoms. The highest BCUT2D eigenvalue weighted by atomic mass is 31.2. The fourth-order valence-electron chi connectivity index (χ4n) is 5.55. The normalized spacial score (nSPS) is 13.9. The SMILES string of the molecule is CCCCCCCCCCCCCCCCCCCCCC(=O)OC(COCCCCCCCC)COP(=O)([O-])OCC[N+](C)(C)C. The van der Waals surface area contributed by atoms with Gasteiger partial charge in [0.1, 0.15) is 19.3 Å². The van der Waals surface area contributed by atoms with Gasteiger partial charge in [-0.05, 0) is 12.8 Å². The number of rotatable bonds is 37. The van der Waals surface area contributed by atoms with Gasteiger partial charge in [-0.3, -0.25) is 9.36 Å². The number of phosphoric acid groups is 1. The molecule has 8 nitrogen and oxygen atoms in total. The van der Waals surface area contributed by atoms with Crippen LogP contribution in [-0.4, -0.2) is 70.7 Å². The van der Waals surface area contributed by atoms with Gasteiger partial charge in [0, 0.05) is 13.0 Å². The predicted octanol–water partition coefficient (Wildman–Crippen LogP) is 10.3. The molecular formula is C38H78NO7P. The summed E-state index contributed by atoms with van der Waals surface area (Å²) in [6.45, 7) is 5.39. The Balaban J connectivity index is 4.05. The van der Waals surface area contributed by atoms with E-state index in [0.717, 1.165) is 32.1 Å². The van der Waals surface area contributed by atoms with E-state index in [1.54, 1.807) is 0 Å². The Morgan fingerprint density at radius 3 is 1.40 bits per heavy atom. The van der Waals surface area contributed by atoms with Gasteiger partial charge in [0.2, 0.25) is 0 Å². The number of ether oxygens (including phenoxy) is 2. The summed E-state index contributed by atoms with van der Waals surface area (Å²) in [5.74, 6) is -0.333. The van der Waals surface area contributed by atoms with Crippen LogP contribution in [0, 0.1) is 0 Å². The first-order chi connectivity index (χ1) is 22.6. The summed E-state index contributed by atoms with van der Waals surface area (Å²) >= 11 is 0. The molecule has 0 saturated carbocycles. The van der Waals surface area contributed by atoms with Crippen molar-refractivity contribution in [1.29, 1.82) is 0 Å². The molecule has 0 aromatic heterocycles. The van der Waals surface area contributed by atoms with Crippen molar-refractivity contribution in [2.75, 3.05) is 54.1 Å². The van der Waals surface area contributed by atoms with Crippen LogP contribution in [0.25, 0.3) is 0 Å². The highest BCUT2D eigenvalue weighted by molar-refractivity contribution is 7.45. The standard InChI is InChI=1S/C38H78NO7P/c1-6-8-10-12-14-15-16-17-18-19-20-21-22-23-24-25-26-27-29-31-38(40)46-37(35-43-33-30-28-13-11-9-7-2)36-45-47(41,42)44-34-32-39(3,4)5/h37H,6-36H2,1-5H3. The highest BCUT2D eigenvalue weighted by Gasteiger charge is 2.20. The topological polar surface area (TPSA) is 94.1 Å². The summed E-state index contributed by atoms with van der Waals surface area (Å²) < 4.78 is 34.3. The average molecular weight is 692 g/mol. The third-order valence-electron chi connectivity index (χ3n) is 8.66. The smallest absolute Gasteiger partial charge is 0.306 e. The first kappa shape index (κ1) is 46.5. The van der Waals surface area contributed by atoms with Crippen LogP contribution in [0.15, 0.2) is 0 Å². The monoisotopic (exact) mass is 692 g/mol. The second-order valence-electron chi connectivity index (χ2n) is 14.7. The van der Waals surface area contributed by atoms with Crippen molar-refractivity contribution in [2.24, 2.45) is 0 Å². The number of hydrogen-bond donors (Lipinski definition) is 0. The van der Waals surface area contributed by atoms with Crippen molar-refractivity contribution in [1.82, 2.24) is 0 Å². The van der Waals surface area contributed by atoms with Crippen molar-refractivity contribution in [3.63, 3.8) is 0 Å². The number of hydrogen-bond acceptors (Lipinski definition) is 7. The Morgan fingerprint density at radius 2 is 0.979 bits per heavy atom. The van der Waals surface area contributed by atoms with E-state index in [2.05, 4.69) is 13.8 Å². The van der Waals surface area contributed by atoms with Gasteiger partial charge in [0.05, 0.1) is 34.4 Å². The Labute approximate surface area is 291 Å². The number of nitrogens with zero attached hydrogens (tertiary/aromatic N) is 1. The fourth-order valence-corrected chi connectivity index (χ4v) is 6.27. The maximum absolute atomic E-state index is 12.6. The molecule has 0 radical (unpaired) electrons. The molecule has 2 atom stereocenters. The van der Waals surface area contributed by atoms with Crippen LogP contribution in [0.4, 0.5) is 0 Å². The molecular weight excluding hydrogens is 613 g/mol. The molecule has 0 aliphatic rings. The quantitative estimate of drug-likeness (QED) is 0.0277. The largest absolute Gasteiger partial charge is 0.756 e. The molecule has 0 aromatic carbocycles. The number of unbranched alkanes of at least 4 members (excludes halogenated alkanes) is 23. The highest BCUT2D eigenvalue weighted by Crippen LogP contribution is 2.38. The summed E-state index contributed by atoms with van der Waals surface area (Å²) in [4.78, 5) is 24.8. The fraction of sp³-hybridized carbons (Fsp3) is 0.974. The van der Waals surface area contributed by atoms with Crippen LogP contribution in [0.3, 0.4) is 0 Å². The van der Waals surface area contributed by atoms with Gasteiger partial charge < -0.3 is 27.9 Å². The minimum absolute atomic E-state index is 0.0304. The number of carbonyl (C=O) groups excluding carboxylic acids is 1. The molecule has 0 aliphatic heterocycles. The molecule has 0 saturated heterocycles. The molecule has 0 aromatic rings. The molecule has 0 amide bonds. The minimum atomic E-state index is -4.50. The van der Waals surface area contributed by atoms with Crippen LogP contribution >= 0.6 is 7.82 Å². The first-order valence-corrected chi connectivity index (χ1v) is 21.2. The lowest BCUT2D eigenvalue weighted by molar-refractivity contribution is -0.870. The molecule has 0 aliphatic carbocycles. The zero-order valence-electron chi connectivity index (χ0n) is 31.7. The molecule has 282 valence electrons. The first-order valence-electron chi connectivity index (χ1n) is 19.8. The maximum Gasteiger partial charge on any atom is 0.306 e. The molecule has 0 heterocycles. The van der Waals surface area contributed by atoms with E-state index in [0.29, 0.717) is 24.1 Å². The molecule has 9 heteroatoms. The summed E-state index contributed by atoms with van der Waals surface area (Å²) in [6, 6.07) is 0. The van der Waals surface area contributed by atoms with E-state index in [-0.39, 0.29) is 25.8 Å². The molecule has 0 N–H and O–H groups in total. The second kappa shape index (κ2) is 32.7. The number of phosphoric ester groups is 1. The number of esters is 1. The van der Waals surface area contributed by atoms with Crippen molar-refractivity contribution >= 4 is 13.8 Å². The van der Waals surface area contributed by atoms with Crippen LogP contribution in [-0.2, 0) is 27.9 Å². The maximum atomic E-state index is 12.6. The molecule has 2 unspecified atom stereocenters. The van der Waals surface area contributed by atoms with Crippen LogP contribution in [0.5, 0.6) is 0 Å². The van der Waals surface area contributed by atoms with E-state index in [9.17, 15) is 14.3 Å². The summed E-state index contributed by atoms with van der Waals surface area (Å²) in [5.41, 5.74) is 0. The molecule has 0 bridgehead atoms. The lowest BCUT2D eigenvalue weighted by Crippen LogP contribution is -2.37. The number of carbonyl (C=O) groups is 1. The summed E-state index contributed by atoms with van der Waals surface area (Å²) in [7, 11) is 1.37. The van der Waals surface area contributed by atoms with Crippen molar-refractivity contribution in [2.45, 2.75) is 187 Å². The van der Waals surface area contributed by atoms with Crippen LogP contribution in [0.2, 0.25) is 0 Å². The van der Waals surface area contributed by atoms with E-state index in [1.165, 1.54) is 128 Å². The van der Waals surface area contributed by atoms with Gasteiger partial charge in [0.15, 0.2) is 0 Å². The van der Waals surface area contributed by atoms with E-state index in [1.807, 2.05) is 21.1 Å². The zero-order chi connectivity index (χ0) is 34.9. The zero-order valence-corrected chi connectivity index (χ0v) is 32.6. The Bertz CT molecular complexity index is 731. The molecule has 0 fully saturated rings. The van der Waals surface area contributed by atoms with Gasteiger partial charge in [-0.1, -0.05) is 162 Å². The lowest BCUT2D eigenvalue weighted by atomic mass is 10.0. The van der Waals surface area contributed by atoms with Crippen molar-refractivity contribution in [3.8, 4) is 0 Å². The van der Waals surface area contributed by atoms with Gasteiger partial charge in [-0.15, -0.1) is 0 Å². The van der Waals surface area contributed by atoms with Gasteiger partial charge in [-0.25, -0.2) is 0 Å². The second-order valence-corrected chi connectivity index (χ2v) is 16.1. The Morgan fingerprint density at radius 1 is 0.574 bits per heavy atom. The Hall–Kier alpha value is -0.500.